The Labute approximate surface area is 131 Å². The molecule has 1 aliphatic rings. The Morgan fingerprint density at radius 2 is 1.90 bits per heavy atom. The third-order valence-corrected chi connectivity index (χ3v) is 4.98. The number of amides is 1. The molecule has 1 fully saturated rings. The zero-order valence-electron chi connectivity index (χ0n) is 12.5. The van der Waals surface area contributed by atoms with Gasteiger partial charge in [0.2, 0.25) is 5.91 Å². The van der Waals surface area contributed by atoms with Crippen LogP contribution in [0.2, 0.25) is 0 Å². The fourth-order valence-electron chi connectivity index (χ4n) is 2.58. The number of rotatable bonds is 7. The molecule has 0 aromatic heterocycles. The molecule has 1 atom stereocenters. The van der Waals surface area contributed by atoms with E-state index in [2.05, 4.69) is 12.1 Å². The molecule has 1 heterocycles. The van der Waals surface area contributed by atoms with E-state index in [-0.39, 0.29) is 12.0 Å². The van der Waals surface area contributed by atoms with Gasteiger partial charge in [0.15, 0.2) is 0 Å². The van der Waals surface area contributed by atoms with Crippen molar-refractivity contribution in [2.24, 2.45) is 0 Å². The van der Waals surface area contributed by atoms with E-state index < -0.39 is 0 Å². The molecule has 1 N–H and O–H groups in total. The van der Waals surface area contributed by atoms with Crippen LogP contribution in [0, 0.1) is 0 Å². The summed E-state index contributed by atoms with van der Waals surface area (Å²) < 4.78 is 0. The topological polar surface area (TPSA) is 40.5 Å². The molecule has 21 heavy (non-hydrogen) atoms. The summed E-state index contributed by atoms with van der Waals surface area (Å²) >= 11 is 1.67. The van der Waals surface area contributed by atoms with Gasteiger partial charge in [-0.3, -0.25) is 4.79 Å². The molecule has 0 radical (unpaired) electrons. The molecule has 0 saturated carbocycles. The predicted molar refractivity (Wildman–Crippen MR) is 87.5 cm³/mol. The maximum absolute atomic E-state index is 12.0. The van der Waals surface area contributed by atoms with E-state index in [1.54, 1.807) is 11.8 Å². The van der Waals surface area contributed by atoms with Crippen molar-refractivity contribution in [3.05, 3.63) is 30.3 Å². The molecule has 116 valence electrons. The molecule has 1 aromatic rings. The van der Waals surface area contributed by atoms with Crippen molar-refractivity contribution in [1.29, 1.82) is 0 Å². The summed E-state index contributed by atoms with van der Waals surface area (Å²) in [4.78, 5) is 15.2. The van der Waals surface area contributed by atoms with Crippen LogP contribution < -0.4 is 0 Å². The van der Waals surface area contributed by atoms with Crippen LogP contribution in [0.3, 0.4) is 0 Å². The van der Waals surface area contributed by atoms with Gasteiger partial charge in [0.05, 0.1) is 6.10 Å². The largest absolute Gasteiger partial charge is 0.392 e. The summed E-state index contributed by atoms with van der Waals surface area (Å²) in [6.07, 6.45) is 5.27. The van der Waals surface area contributed by atoms with E-state index in [9.17, 15) is 9.90 Å². The second-order valence-corrected chi connectivity index (χ2v) is 6.70. The highest BCUT2D eigenvalue weighted by atomic mass is 32.2. The molecule has 0 aliphatic carbocycles. The number of thioether (sulfide) groups is 1. The Hall–Kier alpha value is -1.00. The number of carbonyl (C=O) groups excluding carboxylic acids is 1. The standard InChI is InChI=1S/C17H25NO2S/c19-15(14-21-16-9-3-1-4-10-16)8-7-11-17(20)18-12-5-2-6-13-18/h1,3-4,9-10,15,19H,2,5-8,11-14H2. The summed E-state index contributed by atoms with van der Waals surface area (Å²) in [5.41, 5.74) is 0. The van der Waals surface area contributed by atoms with Crippen molar-refractivity contribution in [2.45, 2.75) is 49.5 Å². The van der Waals surface area contributed by atoms with E-state index in [1.165, 1.54) is 11.3 Å². The van der Waals surface area contributed by atoms with Gasteiger partial charge in [0, 0.05) is 30.2 Å². The first kappa shape index (κ1) is 16.4. The maximum atomic E-state index is 12.0. The highest BCUT2D eigenvalue weighted by Crippen LogP contribution is 2.19. The maximum Gasteiger partial charge on any atom is 0.222 e. The fraction of sp³-hybridized carbons (Fsp3) is 0.588. The lowest BCUT2D eigenvalue weighted by atomic mass is 10.1. The summed E-state index contributed by atoms with van der Waals surface area (Å²) in [5.74, 6) is 0.958. The van der Waals surface area contributed by atoms with Crippen molar-refractivity contribution < 1.29 is 9.90 Å². The second-order valence-electron chi connectivity index (χ2n) is 5.61. The lowest BCUT2D eigenvalue weighted by Crippen LogP contribution is -2.35. The quantitative estimate of drug-likeness (QED) is 0.786. The predicted octanol–water partition coefficient (Wildman–Crippen LogP) is 3.32. The molecule has 1 saturated heterocycles. The van der Waals surface area contributed by atoms with Crippen molar-refractivity contribution in [2.75, 3.05) is 18.8 Å². The summed E-state index contributed by atoms with van der Waals surface area (Å²) in [7, 11) is 0. The van der Waals surface area contributed by atoms with E-state index in [0.29, 0.717) is 18.6 Å². The minimum Gasteiger partial charge on any atom is -0.392 e. The van der Waals surface area contributed by atoms with E-state index >= 15 is 0 Å². The number of likely N-dealkylation sites (tertiary alicyclic amines) is 1. The average molecular weight is 307 g/mol. The van der Waals surface area contributed by atoms with Gasteiger partial charge in [-0.15, -0.1) is 11.8 Å². The smallest absolute Gasteiger partial charge is 0.222 e. The zero-order chi connectivity index (χ0) is 14.9. The Bertz CT molecular complexity index is 418. The lowest BCUT2D eigenvalue weighted by Gasteiger charge is -2.26. The van der Waals surface area contributed by atoms with Crippen molar-refractivity contribution in [3.8, 4) is 0 Å². The molecule has 4 heteroatoms. The van der Waals surface area contributed by atoms with Crippen LogP contribution in [0.4, 0.5) is 0 Å². The van der Waals surface area contributed by atoms with E-state index in [0.717, 1.165) is 32.4 Å². The second kappa shape index (κ2) is 9.11. The minimum atomic E-state index is -0.329. The van der Waals surface area contributed by atoms with Crippen LogP contribution in [-0.4, -0.2) is 40.9 Å². The number of aliphatic hydroxyl groups is 1. The number of aliphatic hydroxyl groups excluding tert-OH is 1. The first-order chi connectivity index (χ1) is 10.3. The number of piperidine rings is 1. The molecule has 1 aliphatic heterocycles. The third-order valence-electron chi connectivity index (χ3n) is 3.82. The van der Waals surface area contributed by atoms with Gasteiger partial charge in [-0.2, -0.15) is 0 Å². The van der Waals surface area contributed by atoms with Gasteiger partial charge in [0.25, 0.3) is 0 Å². The molecule has 0 bridgehead atoms. The van der Waals surface area contributed by atoms with Crippen LogP contribution in [0.1, 0.15) is 38.5 Å². The van der Waals surface area contributed by atoms with Crippen molar-refractivity contribution in [3.63, 3.8) is 0 Å². The Kier molecular flexibility index (Phi) is 7.10. The molecule has 0 spiro atoms. The summed E-state index contributed by atoms with van der Waals surface area (Å²) in [6.45, 7) is 1.84. The summed E-state index contributed by atoms with van der Waals surface area (Å²) in [5, 5.41) is 9.99. The molecule has 1 unspecified atom stereocenters. The lowest BCUT2D eigenvalue weighted by molar-refractivity contribution is -0.132. The van der Waals surface area contributed by atoms with Crippen LogP contribution in [0.25, 0.3) is 0 Å². The fourth-order valence-corrected chi connectivity index (χ4v) is 3.48. The van der Waals surface area contributed by atoms with Gasteiger partial charge in [-0.25, -0.2) is 0 Å². The van der Waals surface area contributed by atoms with Gasteiger partial charge >= 0.3 is 0 Å². The Morgan fingerprint density at radius 3 is 2.62 bits per heavy atom. The van der Waals surface area contributed by atoms with Crippen LogP contribution in [0.15, 0.2) is 35.2 Å². The Balaban J connectivity index is 1.58. The van der Waals surface area contributed by atoms with Crippen LogP contribution in [0.5, 0.6) is 0 Å². The van der Waals surface area contributed by atoms with Gasteiger partial charge < -0.3 is 10.0 Å². The van der Waals surface area contributed by atoms with Gasteiger partial charge in [0.1, 0.15) is 0 Å². The molecule has 2 rings (SSSR count). The van der Waals surface area contributed by atoms with Crippen molar-refractivity contribution >= 4 is 17.7 Å². The van der Waals surface area contributed by atoms with E-state index in [4.69, 9.17) is 0 Å². The minimum absolute atomic E-state index is 0.262. The Morgan fingerprint density at radius 1 is 1.19 bits per heavy atom. The summed E-state index contributed by atoms with van der Waals surface area (Å²) in [6, 6.07) is 10.1. The van der Waals surface area contributed by atoms with Crippen LogP contribution >= 0.6 is 11.8 Å². The number of carbonyl (C=O) groups is 1. The highest BCUT2D eigenvalue weighted by Gasteiger charge is 2.16. The van der Waals surface area contributed by atoms with E-state index in [1.807, 2.05) is 23.1 Å². The molecule has 1 amide bonds. The number of hydrogen-bond donors (Lipinski definition) is 1. The first-order valence-corrected chi connectivity index (χ1v) is 8.88. The first-order valence-electron chi connectivity index (χ1n) is 7.89. The number of nitrogens with zero attached hydrogens (tertiary/aromatic N) is 1. The van der Waals surface area contributed by atoms with Crippen molar-refractivity contribution in [1.82, 2.24) is 4.90 Å². The zero-order valence-corrected chi connectivity index (χ0v) is 13.4. The van der Waals surface area contributed by atoms with Gasteiger partial charge in [-0.05, 0) is 44.2 Å². The third kappa shape index (κ3) is 6.10. The molecule has 1 aromatic carbocycles. The molecule has 3 nitrogen and oxygen atoms in total. The highest BCUT2D eigenvalue weighted by molar-refractivity contribution is 7.99. The number of hydrogen-bond acceptors (Lipinski definition) is 3. The van der Waals surface area contributed by atoms with Crippen LogP contribution in [-0.2, 0) is 4.79 Å². The molecular weight excluding hydrogens is 282 g/mol. The normalized spacial score (nSPS) is 16.7. The average Bonchev–Trinajstić information content (AvgIpc) is 2.54. The number of benzene rings is 1. The molecular formula is C17H25NO2S. The SMILES string of the molecule is O=C(CCCC(O)CSc1ccccc1)N1CCCCC1. The van der Waals surface area contributed by atoms with Gasteiger partial charge in [-0.1, -0.05) is 18.2 Å². The monoisotopic (exact) mass is 307 g/mol.